The number of aromatic nitrogens is 2. The molecule has 112 valence electrons. The van der Waals surface area contributed by atoms with Gasteiger partial charge in [-0.05, 0) is 37.2 Å². The molecule has 2 rings (SSSR count). The fourth-order valence-corrected chi connectivity index (χ4v) is 2.22. The Morgan fingerprint density at radius 2 is 2.05 bits per heavy atom. The highest BCUT2D eigenvalue weighted by atomic mass is 16.5. The Morgan fingerprint density at radius 1 is 1.29 bits per heavy atom. The first-order valence-corrected chi connectivity index (χ1v) is 7.22. The molecule has 0 spiro atoms. The third-order valence-electron chi connectivity index (χ3n) is 3.21. The summed E-state index contributed by atoms with van der Waals surface area (Å²) in [7, 11) is 0. The van der Waals surface area contributed by atoms with Crippen molar-refractivity contribution in [3.8, 4) is 5.75 Å². The van der Waals surface area contributed by atoms with Crippen molar-refractivity contribution in [1.29, 1.82) is 0 Å². The van der Waals surface area contributed by atoms with Crippen LogP contribution in [-0.4, -0.2) is 22.7 Å². The molecule has 1 heterocycles. The predicted octanol–water partition coefficient (Wildman–Crippen LogP) is 1.99. The van der Waals surface area contributed by atoms with Gasteiger partial charge in [0.2, 0.25) is 0 Å². The van der Waals surface area contributed by atoms with Crippen LogP contribution >= 0.6 is 0 Å². The summed E-state index contributed by atoms with van der Waals surface area (Å²) in [5.41, 5.74) is 0.891. The van der Waals surface area contributed by atoms with Crippen LogP contribution in [-0.2, 0) is 6.54 Å². The molecule has 2 aromatic rings. The van der Waals surface area contributed by atoms with Gasteiger partial charge in [0.1, 0.15) is 5.75 Å². The van der Waals surface area contributed by atoms with Gasteiger partial charge in [0.05, 0.1) is 12.6 Å². The van der Waals surface area contributed by atoms with Gasteiger partial charge < -0.3 is 10.1 Å². The van der Waals surface area contributed by atoms with E-state index in [-0.39, 0.29) is 11.7 Å². The van der Waals surface area contributed by atoms with E-state index < -0.39 is 0 Å². The standard InChI is InChI=1S/C16H21N3O2/c1-3-17-15(12-19-11-5-10-18-16(19)20)13-6-8-14(9-7-13)21-4-2/h5-11,15,17H,3-4,12H2,1-2H3. The van der Waals surface area contributed by atoms with Crippen molar-refractivity contribution in [2.45, 2.75) is 26.4 Å². The average Bonchev–Trinajstić information content (AvgIpc) is 2.50. The molecule has 0 saturated carbocycles. The van der Waals surface area contributed by atoms with Gasteiger partial charge in [-0.2, -0.15) is 0 Å². The molecule has 21 heavy (non-hydrogen) atoms. The number of rotatable bonds is 7. The molecule has 0 amide bonds. The molecule has 0 fully saturated rings. The largest absolute Gasteiger partial charge is 0.494 e. The number of hydrogen-bond donors (Lipinski definition) is 1. The molecule has 1 unspecified atom stereocenters. The molecule has 1 atom stereocenters. The van der Waals surface area contributed by atoms with Gasteiger partial charge in [-0.15, -0.1) is 0 Å². The summed E-state index contributed by atoms with van der Waals surface area (Å²) in [6.45, 7) is 6.04. The van der Waals surface area contributed by atoms with Crippen LogP contribution in [0.25, 0.3) is 0 Å². The van der Waals surface area contributed by atoms with E-state index in [4.69, 9.17) is 4.74 Å². The van der Waals surface area contributed by atoms with Crippen molar-refractivity contribution in [1.82, 2.24) is 14.9 Å². The molecule has 0 aliphatic heterocycles. The topological polar surface area (TPSA) is 56.2 Å². The lowest BCUT2D eigenvalue weighted by atomic mass is 10.1. The third-order valence-corrected chi connectivity index (χ3v) is 3.21. The van der Waals surface area contributed by atoms with Gasteiger partial charge in [0.25, 0.3) is 0 Å². The van der Waals surface area contributed by atoms with Crippen LogP contribution in [0.2, 0.25) is 0 Å². The minimum Gasteiger partial charge on any atom is -0.494 e. The Bertz CT molecular complexity index is 607. The minimum absolute atomic E-state index is 0.0626. The van der Waals surface area contributed by atoms with E-state index in [2.05, 4.69) is 10.3 Å². The second kappa shape index (κ2) is 7.59. The highest BCUT2D eigenvalue weighted by Crippen LogP contribution is 2.19. The van der Waals surface area contributed by atoms with Gasteiger partial charge in [-0.25, -0.2) is 9.78 Å². The van der Waals surface area contributed by atoms with Crippen LogP contribution in [0.15, 0.2) is 47.5 Å². The molecule has 0 saturated heterocycles. The minimum atomic E-state index is -0.230. The third kappa shape index (κ3) is 4.16. The Kier molecular flexibility index (Phi) is 5.51. The number of hydrogen-bond acceptors (Lipinski definition) is 4. The van der Waals surface area contributed by atoms with E-state index in [1.54, 1.807) is 16.8 Å². The fourth-order valence-electron chi connectivity index (χ4n) is 2.22. The molecule has 0 aliphatic rings. The van der Waals surface area contributed by atoms with Crippen molar-refractivity contribution in [3.63, 3.8) is 0 Å². The molecule has 5 heteroatoms. The lowest BCUT2D eigenvalue weighted by molar-refractivity contribution is 0.340. The van der Waals surface area contributed by atoms with Crippen molar-refractivity contribution in [3.05, 3.63) is 58.8 Å². The van der Waals surface area contributed by atoms with Gasteiger partial charge in [0, 0.05) is 18.9 Å². The first-order valence-electron chi connectivity index (χ1n) is 7.22. The molecular formula is C16H21N3O2. The second-order valence-corrected chi connectivity index (χ2v) is 4.67. The van der Waals surface area contributed by atoms with Crippen molar-refractivity contribution in [2.75, 3.05) is 13.2 Å². The van der Waals surface area contributed by atoms with Crippen LogP contribution < -0.4 is 15.7 Å². The van der Waals surface area contributed by atoms with E-state index in [9.17, 15) is 4.79 Å². The van der Waals surface area contributed by atoms with Crippen LogP contribution in [0, 0.1) is 0 Å². The number of nitrogens with zero attached hydrogens (tertiary/aromatic N) is 2. The summed E-state index contributed by atoms with van der Waals surface area (Å²) in [6, 6.07) is 9.79. The van der Waals surface area contributed by atoms with Gasteiger partial charge in [0.15, 0.2) is 0 Å². The SMILES string of the molecule is CCNC(Cn1cccnc1=O)c1ccc(OCC)cc1. The van der Waals surface area contributed by atoms with Gasteiger partial charge in [-0.1, -0.05) is 19.1 Å². The van der Waals surface area contributed by atoms with Gasteiger partial charge >= 0.3 is 5.69 Å². The van der Waals surface area contributed by atoms with E-state index in [1.165, 1.54) is 6.20 Å². The molecule has 0 aliphatic carbocycles. The Morgan fingerprint density at radius 3 is 2.67 bits per heavy atom. The lowest BCUT2D eigenvalue weighted by Crippen LogP contribution is -2.31. The summed E-state index contributed by atoms with van der Waals surface area (Å²) in [6.07, 6.45) is 3.27. The smallest absolute Gasteiger partial charge is 0.347 e. The Labute approximate surface area is 124 Å². The summed E-state index contributed by atoms with van der Waals surface area (Å²) >= 11 is 0. The van der Waals surface area contributed by atoms with Crippen LogP contribution in [0.3, 0.4) is 0 Å². The second-order valence-electron chi connectivity index (χ2n) is 4.67. The molecule has 0 bridgehead atoms. The monoisotopic (exact) mass is 287 g/mol. The molecule has 1 aromatic carbocycles. The highest BCUT2D eigenvalue weighted by molar-refractivity contribution is 5.29. The number of likely N-dealkylation sites (N-methyl/N-ethyl adjacent to an activating group) is 1. The fraction of sp³-hybridized carbons (Fsp3) is 0.375. The summed E-state index contributed by atoms with van der Waals surface area (Å²) in [5.74, 6) is 0.857. The quantitative estimate of drug-likeness (QED) is 0.846. The van der Waals surface area contributed by atoms with E-state index in [0.29, 0.717) is 13.2 Å². The Balaban J connectivity index is 2.18. The maximum Gasteiger partial charge on any atom is 0.347 e. The molecule has 1 N–H and O–H groups in total. The molecule has 1 aromatic heterocycles. The van der Waals surface area contributed by atoms with Crippen LogP contribution in [0.4, 0.5) is 0 Å². The molecule has 0 radical (unpaired) electrons. The van der Waals surface area contributed by atoms with E-state index >= 15 is 0 Å². The highest BCUT2D eigenvalue weighted by Gasteiger charge is 2.12. The Hall–Kier alpha value is -2.14. The van der Waals surface area contributed by atoms with Crippen molar-refractivity contribution in [2.24, 2.45) is 0 Å². The summed E-state index contributed by atoms with van der Waals surface area (Å²) in [4.78, 5) is 15.5. The number of benzene rings is 1. The van der Waals surface area contributed by atoms with Crippen molar-refractivity contribution < 1.29 is 4.74 Å². The van der Waals surface area contributed by atoms with Crippen LogP contribution in [0.5, 0.6) is 5.75 Å². The van der Waals surface area contributed by atoms with Gasteiger partial charge in [-0.3, -0.25) is 4.57 Å². The predicted molar refractivity (Wildman–Crippen MR) is 82.5 cm³/mol. The maximum atomic E-state index is 11.7. The van der Waals surface area contributed by atoms with Crippen molar-refractivity contribution >= 4 is 0 Å². The zero-order valence-electron chi connectivity index (χ0n) is 12.5. The van der Waals surface area contributed by atoms with E-state index in [0.717, 1.165) is 17.9 Å². The summed E-state index contributed by atoms with van der Waals surface area (Å²) < 4.78 is 7.07. The summed E-state index contributed by atoms with van der Waals surface area (Å²) in [5, 5.41) is 3.40. The maximum absolute atomic E-state index is 11.7. The first kappa shape index (κ1) is 15.3. The lowest BCUT2D eigenvalue weighted by Gasteiger charge is -2.19. The average molecular weight is 287 g/mol. The normalized spacial score (nSPS) is 12.1. The van der Waals surface area contributed by atoms with Crippen LogP contribution in [0.1, 0.15) is 25.5 Å². The first-order chi connectivity index (χ1) is 10.2. The number of nitrogens with one attached hydrogen (secondary N) is 1. The number of ether oxygens (including phenoxy) is 1. The molecular weight excluding hydrogens is 266 g/mol. The molecule has 5 nitrogen and oxygen atoms in total. The van der Waals surface area contributed by atoms with E-state index in [1.807, 2.05) is 38.1 Å². The zero-order chi connectivity index (χ0) is 15.1. The zero-order valence-corrected chi connectivity index (χ0v) is 12.5.